The number of anilines is 1. The summed E-state index contributed by atoms with van der Waals surface area (Å²) < 4.78 is 18.2. The fourth-order valence-corrected chi connectivity index (χ4v) is 1.74. The van der Waals surface area contributed by atoms with Crippen LogP contribution in [0.25, 0.3) is 0 Å². The monoisotopic (exact) mass is 298 g/mol. The van der Waals surface area contributed by atoms with Gasteiger partial charge in [0.15, 0.2) is 11.6 Å². The van der Waals surface area contributed by atoms with Crippen LogP contribution < -0.4 is 15.4 Å². The van der Waals surface area contributed by atoms with Crippen molar-refractivity contribution in [3.63, 3.8) is 0 Å². The molecule has 0 fully saturated rings. The molecule has 3 N–H and O–H groups in total. The number of halogens is 1. The SMILES string of the molecule is CCC(C)C(NC(=O)Nc1ccc(OC)c(F)c1)C(=O)O. The Morgan fingerprint density at radius 1 is 1.43 bits per heavy atom. The molecule has 0 radical (unpaired) electrons. The molecular formula is C14H19FN2O4. The van der Waals surface area contributed by atoms with Gasteiger partial charge in [-0.2, -0.15) is 0 Å². The second-order valence-corrected chi connectivity index (χ2v) is 4.65. The third-order valence-electron chi connectivity index (χ3n) is 3.18. The highest BCUT2D eigenvalue weighted by Crippen LogP contribution is 2.20. The van der Waals surface area contributed by atoms with Crippen LogP contribution in [0.2, 0.25) is 0 Å². The maximum absolute atomic E-state index is 13.5. The molecule has 2 unspecified atom stereocenters. The van der Waals surface area contributed by atoms with Crippen molar-refractivity contribution in [3.8, 4) is 5.75 Å². The van der Waals surface area contributed by atoms with Gasteiger partial charge in [0.1, 0.15) is 6.04 Å². The highest BCUT2D eigenvalue weighted by molar-refractivity contribution is 5.92. The minimum absolute atomic E-state index is 0.0592. The lowest BCUT2D eigenvalue weighted by Gasteiger charge is -2.20. The van der Waals surface area contributed by atoms with Crippen LogP contribution in [0, 0.1) is 11.7 Å². The van der Waals surface area contributed by atoms with Crippen molar-refractivity contribution in [2.24, 2.45) is 5.92 Å². The van der Waals surface area contributed by atoms with E-state index in [4.69, 9.17) is 9.84 Å². The topological polar surface area (TPSA) is 87.7 Å². The van der Waals surface area contributed by atoms with Crippen molar-refractivity contribution >= 4 is 17.7 Å². The smallest absolute Gasteiger partial charge is 0.326 e. The summed E-state index contributed by atoms with van der Waals surface area (Å²) in [5.74, 6) is -1.89. The number of benzene rings is 1. The van der Waals surface area contributed by atoms with E-state index < -0.39 is 23.9 Å². The van der Waals surface area contributed by atoms with Gasteiger partial charge in [-0.25, -0.2) is 14.0 Å². The third kappa shape index (κ3) is 4.62. The Hall–Kier alpha value is -2.31. The number of methoxy groups -OCH3 is 1. The standard InChI is InChI=1S/C14H19FN2O4/c1-4-8(2)12(13(18)19)17-14(20)16-9-5-6-11(21-3)10(15)7-9/h5-8,12H,4H2,1-3H3,(H,18,19)(H2,16,17,20). The number of carbonyl (C=O) groups excluding carboxylic acids is 1. The third-order valence-corrected chi connectivity index (χ3v) is 3.18. The summed E-state index contributed by atoms with van der Waals surface area (Å²) in [5, 5.41) is 13.8. The van der Waals surface area contributed by atoms with Crippen molar-refractivity contribution in [2.75, 3.05) is 12.4 Å². The number of aliphatic carboxylic acids is 1. The minimum atomic E-state index is -1.11. The van der Waals surface area contributed by atoms with Gasteiger partial charge in [0.05, 0.1) is 7.11 Å². The molecule has 116 valence electrons. The Balaban J connectivity index is 2.72. The zero-order chi connectivity index (χ0) is 16.0. The Morgan fingerprint density at radius 2 is 2.10 bits per heavy atom. The highest BCUT2D eigenvalue weighted by atomic mass is 19.1. The van der Waals surface area contributed by atoms with E-state index in [0.29, 0.717) is 6.42 Å². The van der Waals surface area contributed by atoms with Gasteiger partial charge in [-0.3, -0.25) is 0 Å². The first-order chi connectivity index (χ1) is 9.88. The summed E-state index contributed by atoms with van der Waals surface area (Å²) in [6.45, 7) is 3.56. The van der Waals surface area contributed by atoms with Crippen molar-refractivity contribution in [2.45, 2.75) is 26.3 Å². The van der Waals surface area contributed by atoms with E-state index in [-0.39, 0.29) is 17.4 Å². The lowest BCUT2D eigenvalue weighted by molar-refractivity contribution is -0.140. The fourth-order valence-electron chi connectivity index (χ4n) is 1.74. The van der Waals surface area contributed by atoms with E-state index in [1.54, 1.807) is 6.92 Å². The maximum atomic E-state index is 13.5. The number of rotatable bonds is 6. The average Bonchev–Trinajstić information content (AvgIpc) is 2.44. The van der Waals surface area contributed by atoms with Crippen LogP contribution in [0.3, 0.4) is 0 Å². The minimum Gasteiger partial charge on any atom is -0.494 e. The first-order valence-corrected chi connectivity index (χ1v) is 6.52. The zero-order valence-corrected chi connectivity index (χ0v) is 12.1. The molecule has 0 saturated carbocycles. The van der Waals surface area contributed by atoms with E-state index in [2.05, 4.69) is 10.6 Å². The molecule has 0 aliphatic rings. The molecule has 1 aromatic rings. The molecule has 0 bridgehead atoms. The molecule has 6 nitrogen and oxygen atoms in total. The Labute approximate surface area is 122 Å². The van der Waals surface area contributed by atoms with E-state index in [1.165, 1.54) is 19.2 Å². The molecule has 2 atom stereocenters. The van der Waals surface area contributed by atoms with Crippen LogP contribution in [-0.2, 0) is 4.79 Å². The van der Waals surface area contributed by atoms with Gasteiger partial charge >= 0.3 is 12.0 Å². The number of carboxylic acids is 1. The predicted octanol–water partition coefficient (Wildman–Crippen LogP) is 2.46. The summed E-state index contributed by atoms with van der Waals surface area (Å²) in [4.78, 5) is 22.9. The van der Waals surface area contributed by atoms with Crippen molar-refractivity contribution in [3.05, 3.63) is 24.0 Å². The lowest BCUT2D eigenvalue weighted by atomic mass is 9.99. The number of hydrogen-bond donors (Lipinski definition) is 3. The van der Waals surface area contributed by atoms with Gasteiger partial charge in [0, 0.05) is 11.8 Å². The Bertz CT molecular complexity index is 522. The van der Waals surface area contributed by atoms with E-state index >= 15 is 0 Å². The molecule has 0 spiro atoms. The summed E-state index contributed by atoms with van der Waals surface area (Å²) in [7, 11) is 1.34. The van der Waals surface area contributed by atoms with Crippen molar-refractivity contribution in [1.82, 2.24) is 5.32 Å². The quantitative estimate of drug-likeness (QED) is 0.752. The van der Waals surface area contributed by atoms with Gasteiger partial charge < -0.3 is 20.5 Å². The van der Waals surface area contributed by atoms with E-state index in [9.17, 15) is 14.0 Å². The average molecular weight is 298 g/mol. The maximum Gasteiger partial charge on any atom is 0.326 e. The van der Waals surface area contributed by atoms with Gasteiger partial charge in [-0.05, 0) is 18.1 Å². The van der Waals surface area contributed by atoms with E-state index in [1.807, 2.05) is 6.92 Å². The first-order valence-electron chi connectivity index (χ1n) is 6.52. The second-order valence-electron chi connectivity index (χ2n) is 4.65. The van der Waals surface area contributed by atoms with Gasteiger partial charge in [-0.1, -0.05) is 20.3 Å². The predicted molar refractivity (Wildman–Crippen MR) is 76.0 cm³/mol. The molecule has 1 rings (SSSR count). The molecule has 2 amide bonds. The Morgan fingerprint density at radius 3 is 2.57 bits per heavy atom. The Kier molecular flexibility index (Phi) is 5.95. The highest BCUT2D eigenvalue weighted by Gasteiger charge is 2.25. The van der Waals surface area contributed by atoms with Crippen LogP contribution in [0.1, 0.15) is 20.3 Å². The number of carboxylic acid groups (broad SMARTS) is 1. The molecule has 0 aliphatic carbocycles. The van der Waals surface area contributed by atoms with Crippen LogP contribution in [0.5, 0.6) is 5.75 Å². The normalized spacial score (nSPS) is 13.1. The first kappa shape index (κ1) is 16.7. The number of carbonyl (C=O) groups is 2. The summed E-state index contributed by atoms with van der Waals surface area (Å²) in [6.07, 6.45) is 0.606. The van der Waals surface area contributed by atoms with E-state index in [0.717, 1.165) is 6.07 Å². The lowest BCUT2D eigenvalue weighted by Crippen LogP contribution is -2.46. The van der Waals surface area contributed by atoms with Crippen LogP contribution >= 0.6 is 0 Å². The molecule has 7 heteroatoms. The zero-order valence-electron chi connectivity index (χ0n) is 12.1. The molecule has 0 aliphatic heterocycles. The van der Waals surface area contributed by atoms with Crippen molar-refractivity contribution < 1.29 is 23.8 Å². The summed E-state index contributed by atoms with van der Waals surface area (Å²) in [5.41, 5.74) is 0.207. The number of ether oxygens (including phenoxy) is 1. The number of nitrogens with one attached hydrogen (secondary N) is 2. The molecule has 21 heavy (non-hydrogen) atoms. The molecule has 1 aromatic carbocycles. The van der Waals surface area contributed by atoms with Gasteiger partial charge in [-0.15, -0.1) is 0 Å². The number of hydrogen-bond acceptors (Lipinski definition) is 3. The van der Waals surface area contributed by atoms with Crippen LogP contribution in [0.4, 0.5) is 14.9 Å². The molecular weight excluding hydrogens is 279 g/mol. The fraction of sp³-hybridized carbons (Fsp3) is 0.429. The molecule has 0 aromatic heterocycles. The second kappa shape index (κ2) is 7.47. The number of amides is 2. The summed E-state index contributed by atoms with van der Waals surface area (Å²) in [6, 6.07) is 2.22. The van der Waals surface area contributed by atoms with Gasteiger partial charge in [0.25, 0.3) is 0 Å². The molecule has 0 heterocycles. The number of urea groups is 1. The van der Waals surface area contributed by atoms with Crippen molar-refractivity contribution in [1.29, 1.82) is 0 Å². The van der Waals surface area contributed by atoms with Crippen LogP contribution in [-0.4, -0.2) is 30.3 Å². The van der Waals surface area contributed by atoms with Crippen LogP contribution in [0.15, 0.2) is 18.2 Å². The van der Waals surface area contributed by atoms with Gasteiger partial charge in [0.2, 0.25) is 0 Å². The summed E-state index contributed by atoms with van der Waals surface area (Å²) >= 11 is 0. The molecule has 0 saturated heterocycles. The largest absolute Gasteiger partial charge is 0.494 e.